The van der Waals surface area contributed by atoms with Crippen molar-refractivity contribution >= 4 is 17.8 Å². The Hall–Kier alpha value is -2.37. The van der Waals surface area contributed by atoms with Crippen molar-refractivity contribution in [1.82, 2.24) is 5.32 Å². The molecule has 0 aliphatic rings. The van der Waals surface area contributed by atoms with Crippen LogP contribution in [0, 0.1) is 19.8 Å². The summed E-state index contributed by atoms with van der Waals surface area (Å²) in [5, 5.41) is 2.61. The largest absolute Gasteiger partial charge is 0.466 e. The molecule has 0 aromatic heterocycles. The molecule has 0 aliphatic heterocycles. The fraction of sp³-hybridized carbons (Fsp3) is 0.471. The van der Waals surface area contributed by atoms with Crippen molar-refractivity contribution in [2.45, 2.75) is 40.2 Å². The number of nitrogens with one attached hydrogen (secondary N) is 1. The summed E-state index contributed by atoms with van der Waals surface area (Å²) in [6, 6.07) is 4.48. The summed E-state index contributed by atoms with van der Waals surface area (Å²) in [4.78, 5) is 35.5. The lowest BCUT2D eigenvalue weighted by molar-refractivity contribution is -0.144. The van der Waals surface area contributed by atoms with Crippen molar-refractivity contribution < 1.29 is 19.1 Å². The zero-order valence-corrected chi connectivity index (χ0v) is 14.0. The number of rotatable bonds is 7. The molecular weight excluding hydrogens is 296 g/mol. The molecule has 2 atom stereocenters. The maximum Gasteiger partial charge on any atom is 0.306 e. The van der Waals surface area contributed by atoms with Gasteiger partial charge in [-0.25, -0.2) is 0 Å². The minimum Gasteiger partial charge on any atom is -0.466 e. The summed E-state index contributed by atoms with van der Waals surface area (Å²) in [6.07, 6.45) is 0.00850. The molecule has 1 aromatic carbocycles. The number of carbonyl (C=O) groups is 3. The first kappa shape index (κ1) is 18.7. The van der Waals surface area contributed by atoms with Crippen LogP contribution in [0.25, 0.3) is 0 Å². The van der Waals surface area contributed by atoms with E-state index in [9.17, 15) is 14.4 Å². The third-order valence-corrected chi connectivity index (χ3v) is 3.44. The second-order valence-electron chi connectivity index (χ2n) is 5.72. The Kier molecular flexibility index (Phi) is 6.75. The van der Waals surface area contributed by atoms with E-state index in [1.54, 1.807) is 26.0 Å². The van der Waals surface area contributed by atoms with Crippen molar-refractivity contribution in [1.29, 1.82) is 0 Å². The highest BCUT2D eigenvalue weighted by atomic mass is 16.5. The minimum atomic E-state index is -0.937. The molecule has 0 saturated carbocycles. The number of benzene rings is 1. The smallest absolute Gasteiger partial charge is 0.306 e. The topological polar surface area (TPSA) is 98.5 Å². The Labute approximate surface area is 136 Å². The number of ether oxygens (including phenoxy) is 1. The van der Waals surface area contributed by atoms with Gasteiger partial charge in [0.05, 0.1) is 13.0 Å². The van der Waals surface area contributed by atoms with Crippen LogP contribution in [-0.4, -0.2) is 30.4 Å². The van der Waals surface area contributed by atoms with Gasteiger partial charge in [0.25, 0.3) is 5.91 Å². The van der Waals surface area contributed by atoms with Gasteiger partial charge in [-0.05, 0) is 38.8 Å². The zero-order valence-electron chi connectivity index (χ0n) is 14.0. The van der Waals surface area contributed by atoms with E-state index in [0.717, 1.165) is 11.1 Å². The predicted molar refractivity (Wildman–Crippen MR) is 86.8 cm³/mol. The Morgan fingerprint density at radius 3 is 2.22 bits per heavy atom. The van der Waals surface area contributed by atoms with Crippen LogP contribution in [-0.2, 0) is 14.3 Å². The van der Waals surface area contributed by atoms with Crippen molar-refractivity contribution in [3.63, 3.8) is 0 Å². The number of aryl methyl sites for hydroxylation is 2. The van der Waals surface area contributed by atoms with E-state index in [-0.39, 0.29) is 13.0 Å². The zero-order chi connectivity index (χ0) is 17.6. The van der Waals surface area contributed by atoms with Crippen LogP contribution in [0.5, 0.6) is 0 Å². The first-order valence-corrected chi connectivity index (χ1v) is 7.58. The van der Waals surface area contributed by atoms with Gasteiger partial charge >= 0.3 is 5.97 Å². The fourth-order valence-electron chi connectivity index (χ4n) is 2.42. The van der Waals surface area contributed by atoms with Crippen molar-refractivity contribution in [2.75, 3.05) is 6.61 Å². The lowest BCUT2D eigenvalue weighted by Gasteiger charge is -2.22. The maximum atomic E-state index is 12.3. The average molecular weight is 320 g/mol. The second kappa shape index (κ2) is 8.31. The molecule has 0 saturated heterocycles. The number of amides is 2. The molecule has 0 spiro atoms. The molecule has 2 amide bonds. The SMILES string of the molecule is CCOC(=O)C[C@@H](C)[C@H](NC(=O)c1cc(C)cc(C)c1)C(N)=O. The van der Waals surface area contributed by atoms with Crippen LogP contribution in [0.3, 0.4) is 0 Å². The first-order chi connectivity index (χ1) is 10.7. The molecule has 1 aromatic rings. The molecule has 6 heteroatoms. The highest BCUT2D eigenvalue weighted by Crippen LogP contribution is 2.13. The summed E-state index contributed by atoms with van der Waals surface area (Å²) in [7, 11) is 0. The number of hydrogen-bond acceptors (Lipinski definition) is 4. The summed E-state index contributed by atoms with van der Waals surface area (Å²) >= 11 is 0. The maximum absolute atomic E-state index is 12.3. The minimum absolute atomic E-state index is 0.00850. The Morgan fingerprint density at radius 2 is 1.74 bits per heavy atom. The summed E-state index contributed by atoms with van der Waals surface area (Å²) in [5.41, 5.74) is 7.72. The standard InChI is InChI=1S/C17H24N2O4/c1-5-23-14(20)9-12(4)15(16(18)21)19-17(22)13-7-10(2)6-11(3)8-13/h6-8,12,15H,5,9H2,1-4H3,(H2,18,21)(H,19,22)/t12-,15+/m1/s1. The molecule has 3 N–H and O–H groups in total. The van der Waals surface area contributed by atoms with E-state index in [4.69, 9.17) is 10.5 Å². The average Bonchev–Trinajstić information content (AvgIpc) is 2.42. The quantitative estimate of drug-likeness (QED) is 0.743. The van der Waals surface area contributed by atoms with Gasteiger partial charge in [0, 0.05) is 5.56 Å². The van der Waals surface area contributed by atoms with E-state index in [2.05, 4.69) is 5.32 Å². The van der Waals surface area contributed by atoms with Crippen molar-refractivity contribution in [3.05, 3.63) is 34.9 Å². The van der Waals surface area contributed by atoms with Crippen molar-refractivity contribution in [2.24, 2.45) is 11.7 Å². The summed E-state index contributed by atoms with van der Waals surface area (Å²) in [5.74, 6) is -1.95. The van der Waals surface area contributed by atoms with Gasteiger partial charge in [0.1, 0.15) is 6.04 Å². The van der Waals surface area contributed by atoms with Gasteiger partial charge in [-0.1, -0.05) is 24.1 Å². The molecule has 1 rings (SSSR count). The first-order valence-electron chi connectivity index (χ1n) is 7.58. The predicted octanol–water partition coefficient (Wildman–Crippen LogP) is 1.48. The number of hydrogen-bond donors (Lipinski definition) is 2. The molecule has 0 aliphatic carbocycles. The Balaban J connectivity index is 2.84. The number of primary amides is 1. The van der Waals surface area contributed by atoms with E-state index >= 15 is 0 Å². The van der Waals surface area contributed by atoms with Crippen LogP contribution in [0.2, 0.25) is 0 Å². The highest BCUT2D eigenvalue weighted by Gasteiger charge is 2.27. The number of carbonyl (C=O) groups excluding carboxylic acids is 3. The summed E-state index contributed by atoms with van der Waals surface area (Å²) in [6.45, 7) is 7.42. The van der Waals surface area contributed by atoms with Crippen LogP contribution < -0.4 is 11.1 Å². The van der Waals surface area contributed by atoms with Crippen LogP contribution in [0.1, 0.15) is 41.8 Å². The molecule has 23 heavy (non-hydrogen) atoms. The molecular formula is C17H24N2O4. The molecule has 0 fully saturated rings. The Morgan fingerprint density at radius 1 is 1.17 bits per heavy atom. The normalized spacial score (nSPS) is 13.0. The van der Waals surface area contributed by atoms with E-state index in [1.165, 1.54) is 0 Å². The summed E-state index contributed by atoms with van der Waals surface area (Å²) < 4.78 is 4.86. The number of nitrogens with two attached hydrogens (primary N) is 1. The van der Waals surface area contributed by atoms with Gasteiger partial charge in [-0.15, -0.1) is 0 Å². The van der Waals surface area contributed by atoms with Crippen LogP contribution in [0.4, 0.5) is 0 Å². The monoisotopic (exact) mass is 320 g/mol. The van der Waals surface area contributed by atoms with Gasteiger partial charge < -0.3 is 15.8 Å². The molecule has 0 bridgehead atoms. The van der Waals surface area contributed by atoms with Gasteiger partial charge in [-0.3, -0.25) is 14.4 Å². The third-order valence-electron chi connectivity index (χ3n) is 3.44. The van der Waals surface area contributed by atoms with Crippen LogP contribution >= 0.6 is 0 Å². The lowest BCUT2D eigenvalue weighted by Crippen LogP contribution is -2.49. The number of esters is 1. The second-order valence-corrected chi connectivity index (χ2v) is 5.72. The molecule has 0 radical (unpaired) electrons. The lowest BCUT2D eigenvalue weighted by atomic mass is 9.97. The molecule has 0 heterocycles. The van der Waals surface area contributed by atoms with Gasteiger partial charge in [0.2, 0.25) is 5.91 Å². The van der Waals surface area contributed by atoms with E-state index in [1.807, 2.05) is 19.9 Å². The van der Waals surface area contributed by atoms with E-state index in [0.29, 0.717) is 5.56 Å². The fourth-order valence-corrected chi connectivity index (χ4v) is 2.42. The van der Waals surface area contributed by atoms with E-state index < -0.39 is 29.7 Å². The highest BCUT2D eigenvalue weighted by molar-refractivity contribution is 5.97. The van der Waals surface area contributed by atoms with Gasteiger partial charge in [-0.2, -0.15) is 0 Å². The van der Waals surface area contributed by atoms with Crippen LogP contribution in [0.15, 0.2) is 18.2 Å². The molecule has 126 valence electrons. The third kappa shape index (κ3) is 5.73. The van der Waals surface area contributed by atoms with Crippen molar-refractivity contribution in [3.8, 4) is 0 Å². The van der Waals surface area contributed by atoms with Gasteiger partial charge in [0.15, 0.2) is 0 Å². The Bertz CT molecular complexity index is 578. The molecule has 0 unspecified atom stereocenters. The molecule has 6 nitrogen and oxygen atoms in total.